The first-order valence-electron chi connectivity index (χ1n) is 8.61. The molecule has 8 heteroatoms. The number of benzene rings is 2. The molecule has 0 atom stereocenters. The molecule has 1 N–H and O–H groups in total. The molecule has 4 rings (SSSR count). The van der Waals surface area contributed by atoms with Crippen LogP contribution in [0, 0.1) is 0 Å². The van der Waals surface area contributed by atoms with E-state index in [0.717, 1.165) is 37.4 Å². The maximum absolute atomic E-state index is 13.2. The molecule has 1 saturated heterocycles. The highest BCUT2D eigenvalue weighted by Gasteiger charge is 2.25. The fourth-order valence-electron chi connectivity index (χ4n) is 3.46. The number of rotatable bonds is 3. The van der Waals surface area contributed by atoms with Gasteiger partial charge in [-0.3, -0.25) is 0 Å². The number of para-hydroxylation sites is 1. The lowest BCUT2D eigenvalue weighted by Crippen LogP contribution is -2.44. The summed E-state index contributed by atoms with van der Waals surface area (Å²) in [5.74, 6) is 0. The molecule has 0 aliphatic carbocycles. The van der Waals surface area contributed by atoms with Crippen LogP contribution in [0.2, 0.25) is 10.0 Å². The molecular formula is C19H19Cl2N3O2S. The Morgan fingerprint density at radius 1 is 1.00 bits per heavy atom. The van der Waals surface area contributed by atoms with Crippen molar-refractivity contribution in [3.8, 4) is 0 Å². The summed E-state index contributed by atoms with van der Waals surface area (Å²) in [4.78, 5) is 8.05. The summed E-state index contributed by atoms with van der Waals surface area (Å²) in [7, 11) is -1.65. The fraction of sp³-hybridized carbons (Fsp3) is 0.263. The Labute approximate surface area is 168 Å². The molecule has 3 aromatic rings. The Morgan fingerprint density at radius 3 is 2.33 bits per heavy atom. The summed E-state index contributed by atoms with van der Waals surface area (Å²) < 4.78 is 26.4. The zero-order valence-corrected chi connectivity index (χ0v) is 17.1. The first-order chi connectivity index (χ1) is 12.9. The van der Waals surface area contributed by atoms with Crippen molar-refractivity contribution in [1.29, 1.82) is 0 Å². The quantitative estimate of drug-likeness (QED) is 0.689. The average Bonchev–Trinajstić information content (AvgIpc) is 3.06. The van der Waals surface area contributed by atoms with Gasteiger partial charge in [0.05, 0.1) is 21.0 Å². The van der Waals surface area contributed by atoms with Crippen molar-refractivity contribution in [2.24, 2.45) is 0 Å². The molecule has 0 unspecified atom stereocenters. The van der Waals surface area contributed by atoms with Gasteiger partial charge >= 0.3 is 0 Å². The van der Waals surface area contributed by atoms with Crippen molar-refractivity contribution in [2.45, 2.75) is 9.79 Å². The maximum Gasteiger partial charge on any atom is 0.208 e. The van der Waals surface area contributed by atoms with E-state index in [9.17, 15) is 8.42 Å². The van der Waals surface area contributed by atoms with Crippen LogP contribution in [0.25, 0.3) is 10.9 Å². The summed E-state index contributed by atoms with van der Waals surface area (Å²) in [6.07, 6.45) is 1.55. The monoisotopic (exact) mass is 423 g/mol. The van der Waals surface area contributed by atoms with Gasteiger partial charge in [-0.1, -0.05) is 35.3 Å². The largest absolute Gasteiger partial charge is 0.367 e. The van der Waals surface area contributed by atoms with Crippen molar-refractivity contribution in [2.75, 3.05) is 38.1 Å². The smallest absolute Gasteiger partial charge is 0.208 e. The number of piperazine rings is 1. The van der Waals surface area contributed by atoms with E-state index in [1.54, 1.807) is 6.20 Å². The van der Waals surface area contributed by atoms with Gasteiger partial charge in [0, 0.05) is 47.8 Å². The van der Waals surface area contributed by atoms with Crippen molar-refractivity contribution in [3.63, 3.8) is 0 Å². The van der Waals surface area contributed by atoms with E-state index in [2.05, 4.69) is 21.8 Å². The Bertz CT molecular complexity index is 1080. The highest BCUT2D eigenvalue weighted by Crippen LogP contribution is 2.35. The van der Waals surface area contributed by atoms with Gasteiger partial charge in [-0.05, 0) is 31.3 Å². The first-order valence-corrected chi connectivity index (χ1v) is 10.8. The van der Waals surface area contributed by atoms with Gasteiger partial charge < -0.3 is 14.8 Å². The van der Waals surface area contributed by atoms with Crippen molar-refractivity contribution >= 4 is 49.6 Å². The number of sulfone groups is 1. The van der Waals surface area contributed by atoms with Crippen LogP contribution < -0.4 is 4.90 Å². The van der Waals surface area contributed by atoms with E-state index in [1.807, 2.05) is 18.2 Å². The molecule has 5 nitrogen and oxygen atoms in total. The van der Waals surface area contributed by atoms with Gasteiger partial charge in [-0.25, -0.2) is 8.42 Å². The van der Waals surface area contributed by atoms with Crippen LogP contribution >= 0.6 is 23.2 Å². The highest BCUT2D eigenvalue weighted by atomic mass is 35.5. The third kappa shape index (κ3) is 3.43. The summed E-state index contributed by atoms with van der Waals surface area (Å²) >= 11 is 12.0. The van der Waals surface area contributed by atoms with Crippen LogP contribution in [0.5, 0.6) is 0 Å². The standard InChI is InChI=1S/C19H19Cl2N3O2S/c1-23-5-7-24(8-6-23)17-4-2-3-16-18(12-22-19(16)17)27(25,26)15-10-13(20)9-14(21)11-15/h2-4,9-12,22H,5-8H2,1H3. The number of fused-ring (bicyclic) bond motifs is 1. The van der Waals surface area contributed by atoms with E-state index in [-0.39, 0.29) is 9.79 Å². The zero-order chi connectivity index (χ0) is 19.2. The van der Waals surface area contributed by atoms with E-state index < -0.39 is 9.84 Å². The minimum Gasteiger partial charge on any atom is -0.367 e. The molecule has 142 valence electrons. The van der Waals surface area contributed by atoms with Crippen LogP contribution in [0.3, 0.4) is 0 Å². The van der Waals surface area contributed by atoms with Crippen LogP contribution in [-0.4, -0.2) is 51.5 Å². The lowest BCUT2D eigenvalue weighted by molar-refractivity contribution is 0.313. The second-order valence-electron chi connectivity index (χ2n) is 6.75. The van der Waals surface area contributed by atoms with E-state index in [1.165, 1.54) is 18.2 Å². The second kappa shape index (κ2) is 7.02. The molecule has 2 aromatic carbocycles. The van der Waals surface area contributed by atoms with Gasteiger partial charge in [-0.2, -0.15) is 0 Å². The molecule has 0 saturated carbocycles. The van der Waals surface area contributed by atoms with Crippen LogP contribution in [0.4, 0.5) is 5.69 Å². The number of nitrogens with one attached hydrogen (secondary N) is 1. The van der Waals surface area contributed by atoms with Crippen LogP contribution in [0.1, 0.15) is 0 Å². The molecule has 1 aromatic heterocycles. The number of nitrogens with zero attached hydrogens (tertiary/aromatic N) is 2. The third-order valence-corrected chi connectivity index (χ3v) is 7.14. The summed E-state index contributed by atoms with van der Waals surface area (Å²) in [6.45, 7) is 3.76. The molecule has 0 radical (unpaired) electrons. The van der Waals surface area contributed by atoms with E-state index >= 15 is 0 Å². The number of hydrogen-bond donors (Lipinski definition) is 1. The Morgan fingerprint density at radius 2 is 1.67 bits per heavy atom. The molecule has 0 bridgehead atoms. The number of H-pyrrole nitrogens is 1. The number of halogens is 2. The lowest BCUT2D eigenvalue weighted by Gasteiger charge is -2.34. The Balaban J connectivity index is 1.81. The number of anilines is 1. The normalized spacial score (nSPS) is 16.2. The maximum atomic E-state index is 13.2. The topological polar surface area (TPSA) is 56.4 Å². The molecule has 0 spiro atoms. The number of hydrogen-bond acceptors (Lipinski definition) is 4. The number of likely N-dealkylation sites (N-methyl/N-ethyl adjacent to an activating group) is 1. The highest BCUT2D eigenvalue weighted by molar-refractivity contribution is 7.91. The second-order valence-corrected chi connectivity index (χ2v) is 9.54. The van der Waals surface area contributed by atoms with Crippen molar-refractivity contribution < 1.29 is 8.42 Å². The molecule has 0 amide bonds. The zero-order valence-electron chi connectivity index (χ0n) is 14.7. The predicted molar refractivity (Wildman–Crippen MR) is 110 cm³/mol. The fourth-order valence-corrected chi connectivity index (χ4v) is 5.60. The van der Waals surface area contributed by atoms with Gasteiger partial charge in [-0.15, -0.1) is 0 Å². The number of aromatic nitrogens is 1. The molecule has 2 heterocycles. The van der Waals surface area contributed by atoms with Gasteiger partial charge in [0.2, 0.25) is 9.84 Å². The summed E-state index contributed by atoms with van der Waals surface area (Å²) in [5, 5.41) is 1.25. The predicted octanol–water partition coefficient (Wildman–Crippen LogP) is 4.06. The molecular weight excluding hydrogens is 405 g/mol. The summed E-state index contributed by atoms with van der Waals surface area (Å²) in [6, 6.07) is 10.1. The SMILES string of the molecule is CN1CCN(c2cccc3c(S(=O)(=O)c4cc(Cl)cc(Cl)c4)c[nH]c23)CC1. The first kappa shape index (κ1) is 18.6. The van der Waals surface area contributed by atoms with Gasteiger partial charge in [0.25, 0.3) is 0 Å². The molecule has 1 aliphatic rings. The Kier molecular flexibility index (Phi) is 4.84. The Hall–Kier alpha value is -1.73. The van der Waals surface area contributed by atoms with Crippen LogP contribution in [0.15, 0.2) is 52.4 Å². The van der Waals surface area contributed by atoms with Crippen LogP contribution in [-0.2, 0) is 9.84 Å². The van der Waals surface area contributed by atoms with Crippen molar-refractivity contribution in [1.82, 2.24) is 9.88 Å². The van der Waals surface area contributed by atoms with Gasteiger partial charge in [0.1, 0.15) is 0 Å². The third-order valence-electron chi connectivity index (χ3n) is 4.94. The van der Waals surface area contributed by atoms with E-state index in [4.69, 9.17) is 23.2 Å². The molecule has 27 heavy (non-hydrogen) atoms. The minimum atomic E-state index is -3.75. The average molecular weight is 424 g/mol. The molecule has 1 aliphatic heterocycles. The number of aromatic amines is 1. The minimum absolute atomic E-state index is 0.0888. The molecule has 1 fully saturated rings. The van der Waals surface area contributed by atoms with E-state index in [0.29, 0.717) is 15.4 Å². The lowest BCUT2D eigenvalue weighted by atomic mass is 10.2. The summed E-state index contributed by atoms with van der Waals surface area (Å²) in [5.41, 5.74) is 1.85. The van der Waals surface area contributed by atoms with Crippen molar-refractivity contribution in [3.05, 3.63) is 52.6 Å². The van der Waals surface area contributed by atoms with Gasteiger partial charge in [0.15, 0.2) is 0 Å².